The number of aromatic nitrogens is 2. The number of nitrogens with one attached hydrogen (secondary N) is 2. The van der Waals surface area contributed by atoms with Crippen LogP contribution < -0.4 is 11.1 Å². The van der Waals surface area contributed by atoms with Crippen molar-refractivity contribution in [3.8, 4) is 0 Å². The van der Waals surface area contributed by atoms with Gasteiger partial charge in [0.1, 0.15) is 0 Å². The third-order valence-corrected chi connectivity index (χ3v) is 2.62. The fourth-order valence-corrected chi connectivity index (χ4v) is 1.75. The molecule has 0 saturated carbocycles. The Bertz CT molecular complexity index is 716. The Balaban J connectivity index is 1.80. The first-order chi connectivity index (χ1) is 8.81. The minimum absolute atomic E-state index is 0.438. The number of aromatic amines is 1. The molecule has 90 valence electrons. The Morgan fingerprint density at radius 1 is 1.28 bits per heavy atom. The molecule has 2 N–H and O–H groups in total. The average molecular weight is 241 g/mol. The van der Waals surface area contributed by atoms with Crippen LogP contribution in [0.2, 0.25) is 0 Å². The molecule has 3 aromatic rings. The van der Waals surface area contributed by atoms with E-state index >= 15 is 0 Å². The summed E-state index contributed by atoms with van der Waals surface area (Å²) < 4.78 is 4.99. The number of pyridine rings is 1. The van der Waals surface area contributed by atoms with E-state index in [1.54, 1.807) is 18.3 Å². The van der Waals surface area contributed by atoms with Crippen molar-refractivity contribution in [3.05, 3.63) is 58.8 Å². The van der Waals surface area contributed by atoms with Gasteiger partial charge in [-0.05, 0) is 24.3 Å². The highest BCUT2D eigenvalue weighted by Gasteiger charge is 2.02. The number of anilines is 1. The molecule has 0 aliphatic heterocycles. The summed E-state index contributed by atoms with van der Waals surface area (Å²) >= 11 is 0. The first-order valence-corrected chi connectivity index (χ1v) is 5.58. The Morgan fingerprint density at radius 3 is 3.06 bits per heavy atom. The van der Waals surface area contributed by atoms with E-state index in [0.29, 0.717) is 17.6 Å². The van der Waals surface area contributed by atoms with E-state index in [1.807, 2.05) is 24.3 Å². The van der Waals surface area contributed by atoms with Gasteiger partial charge in [-0.25, -0.2) is 4.79 Å². The molecular formula is C13H11N3O2. The van der Waals surface area contributed by atoms with E-state index in [0.717, 1.165) is 11.4 Å². The monoisotopic (exact) mass is 241 g/mol. The zero-order chi connectivity index (χ0) is 12.4. The van der Waals surface area contributed by atoms with Gasteiger partial charge in [-0.15, -0.1) is 0 Å². The summed E-state index contributed by atoms with van der Waals surface area (Å²) in [6, 6.07) is 11.2. The second kappa shape index (κ2) is 4.37. The molecule has 18 heavy (non-hydrogen) atoms. The molecule has 0 bridgehead atoms. The van der Waals surface area contributed by atoms with Crippen molar-refractivity contribution in [1.29, 1.82) is 0 Å². The molecule has 0 amide bonds. The number of hydrogen-bond acceptors (Lipinski definition) is 4. The van der Waals surface area contributed by atoms with Crippen LogP contribution in [0.15, 0.2) is 51.8 Å². The summed E-state index contributed by atoms with van der Waals surface area (Å²) in [7, 11) is 0. The molecule has 0 aliphatic carbocycles. The van der Waals surface area contributed by atoms with Crippen LogP contribution in [0.5, 0.6) is 0 Å². The number of benzene rings is 1. The van der Waals surface area contributed by atoms with E-state index < -0.39 is 5.76 Å². The lowest BCUT2D eigenvalue weighted by molar-refractivity contribution is 0.555. The average Bonchev–Trinajstić information content (AvgIpc) is 2.77. The maximum Gasteiger partial charge on any atom is 0.417 e. The normalized spacial score (nSPS) is 10.7. The summed E-state index contributed by atoms with van der Waals surface area (Å²) in [5.41, 5.74) is 3.08. The smallest absolute Gasteiger partial charge is 0.408 e. The lowest BCUT2D eigenvalue weighted by atomic mass is 10.2. The fourth-order valence-electron chi connectivity index (χ4n) is 1.75. The van der Waals surface area contributed by atoms with Crippen molar-refractivity contribution in [3.63, 3.8) is 0 Å². The van der Waals surface area contributed by atoms with Crippen LogP contribution in [-0.4, -0.2) is 9.97 Å². The van der Waals surface area contributed by atoms with Crippen molar-refractivity contribution < 1.29 is 4.42 Å². The predicted octanol–water partition coefficient (Wildman–Crippen LogP) is 2.13. The van der Waals surface area contributed by atoms with Gasteiger partial charge in [-0.1, -0.05) is 6.07 Å². The van der Waals surface area contributed by atoms with Crippen molar-refractivity contribution in [1.82, 2.24) is 9.97 Å². The van der Waals surface area contributed by atoms with Crippen LogP contribution in [0.3, 0.4) is 0 Å². The van der Waals surface area contributed by atoms with Crippen LogP contribution in [0.25, 0.3) is 11.1 Å². The quantitative estimate of drug-likeness (QED) is 0.736. The molecule has 0 fully saturated rings. The first-order valence-electron chi connectivity index (χ1n) is 5.58. The Kier molecular flexibility index (Phi) is 2.57. The molecule has 2 aromatic heterocycles. The first kappa shape index (κ1) is 10.6. The topological polar surface area (TPSA) is 70.9 Å². The molecular weight excluding hydrogens is 230 g/mol. The van der Waals surface area contributed by atoms with Gasteiger partial charge >= 0.3 is 5.76 Å². The molecule has 0 atom stereocenters. The molecule has 3 rings (SSSR count). The minimum Gasteiger partial charge on any atom is -0.408 e. The highest BCUT2D eigenvalue weighted by atomic mass is 16.4. The van der Waals surface area contributed by atoms with E-state index in [9.17, 15) is 4.79 Å². The van der Waals surface area contributed by atoms with E-state index in [-0.39, 0.29) is 0 Å². The van der Waals surface area contributed by atoms with Crippen LogP contribution >= 0.6 is 0 Å². The van der Waals surface area contributed by atoms with Crippen LogP contribution in [0.1, 0.15) is 5.69 Å². The molecule has 5 nitrogen and oxygen atoms in total. The second-order valence-electron chi connectivity index (χ2n) is 3.90. The van der Waals surface area contributed by atoms with Crippen LogP contribution in [0.4, 0.5) is 5.69 Å². The third-order valence-electron chi connectivity index (χ3n) is 2.62. The van der Waals surface area contributed by atoms with Gasteiger partial charge in [0, 0.05) is 18.0 Å². The standard InChI is InChI=1S/C13H11N3O2/c17-13-16-11-5-4-9(7-12(11)18-13)15-8-10-3-1-2-6-14-10/h1-7,15H,8H2,(H,16,17). The number of nitrogens with zero attached hydrogens (tertiary/aromatic N) is 1. The van der Waals surface area contributed by atoms with Crippen molar-refractivity contribution >= 4 is 16.8 Å². The van der Waals surface area contributed by atoms with E-state index in [1.165, 1.54) is 0 Å². The maximum atomic E-state index is 11.0. The molecule has 1 aromatic carbocycles. The number of H-pyrrole nitrogens is 1. The van der Waals surface area contributed by atoms with E-state index in [4.69, 9.17) is 4.42 Å². The van der Waals surface area contributed by atoms with Gasteiger partial charge in [0.25, 0.3) is 0 Å². The molecule has 0 spiro atoms. The van der Waals surface area contributed by atoms with Gasteiger partial charge in [-0.2, -0.15) is 0 Å². The highest BCUT2D eigenvalue weighted by molar-refractivity contribution is 5.76. The van der Waals surface area contributed by atoms with Crippen molar-refractivity contribution in [2.24, 2.45) is 0 Å². The van der Waals surface area contributed by atoms with E-state index in [2.05, 4.69) is 15.3 Å². The molecule has 2 heterocycles. The summed E-state index contributed by atoms with van der Waals surface area (Å²) in [5, 5.41) is 3.22. The van der Waals surface area contributed by atoms with Crippen LogP contribution in [0, 0.1) is 0 Å². The van der Waals surface area contributed by atoms with Gasteiger partial charge in [0.05, 0.1) is 17.8 Å². The van der Waals surface area contributed by atoms with Crippen molar-refractivity contribution in [2.45, 2.75) is 6.54 Å². The Morgan fingerprint density at radius 2 is 2.22 bits per heavy atom. The van der Waals surface area contributed by atoms with Crippen molar-refractivity contribution in [2.75, 3.05) is 5.32 Å². The summed E-state index contributed by atoms with van der Waals surface area (Å²) in [5.74, 6) is -0.438. The zero-order valence-corrected chi connectivity index (χ0v) is 9.51. The summed E-state index contributed by atoms with van der Waals surface area (Å²) in [6.45, 7) is 0.626. The zero-order valence-electron chi connectivity index (χ0n) is 9.51. The SMILES string of the molecule is O=c1[nH]c2ccc(NCc3ccccn3)cc2o1. The van der Waals surface area contributed by atoms with Crippen LogP contribution in [-0.2, 0) is 6.54 Å². The van der Waals surface area contributed by atoms with Gasteiger partial charge in [0.2, 0.25) is 0 Å². The Hall–Kier alpha value is -2.56. The number of fused-ring (bicyclic) bond motifs is 1. The number of oxazole rings is 1. The lowest BCUT2D eigenvalue weighted by Crippen LogP contribution is -2.00. The fraction of sp³-hybridized carbons (Fsp3) is 0.0769. The van der Waals surface area contributed by atoms with Gasteiger partial charge < -0.3 is 9.73 Å². The molecule has 0 saturated heterocycles. The Labute approximate surface area is 102 Å². The predicted molar refractivity (Wildman–Crippen MR) is 68.4 cm³/mol. The number of rotatable bonds is 3. The third kappa shape index (κ3) is 2.10. The molecule has 0 unspecified atom stereocenters. The highest BCUT2D eigenvalue weighted by Crippen LogP contribution is 2.16. The maximum absolute atomic E-state index is 11.0. The molecule has 0 radical (unpaired) electrons. The second-order valence-corrected chi connectivity index (χ2v) is 3.90. The molecule has 0 aliphatic rings. The molecule has 5 heteroatoms. The lowest BCUT2D eigenvalue weighted by Gasteiger charge is -2.05. The largest absolute Gasteiger partial charge is 0.417 e. The number of hydrogen-bond donors (Lipinski definition) is 2. The summed E-state index contributed by atoms with van der Waals surface area (Å²) in [4.78, 5) is 17.8. The summed E-state index contributed by atoms with van der Waals surface area (Å²) in [6.07, 6.45) is 1.76. The van der Waals surface area contributed by atoms with Gasteiger partial charge in [-0.3, -0.25) is 9.97 Å². The van der Waals surface area contributed by atoms with Gasteiger partial charge in [0.15, 0.2) is 5.58 Å². The minimum atomic E-state index is -0.438.